The molecule has 0 heterocycles. The van der Waals surface area contributed by atoms with Crippen LogP contribution in [0.2, 0.25) is 5.02 Å². The number of benzene rings is 2. The molecule has 19 heavy (non-hydrogen) atoms. The van der Waals surface area contributed by atoms with Gasteiger partial charge in [-0.25, -0.2) is 9.82 Å². The van der Waals surface area contributed by atoms with E-state index in [0.29, 0.717) is 5.02 Å². The van der Waals surface area contributed by atoms with Crippen molar-refractivity contribution < 1.29 is 9.18 Å². The van der Waals surface area contributed by atoms with Crippen molar-refractivity contribution >= 4 is 23.7 Å². The van der Waals surface area contributed by atoms with Gasteiger partial charge in [-0.3, -0.25) is 4.79 Å². The van der Waals surface area contributed by atoms with E-state index in [1.807, 2.05) is 0 Å². The highest BCUT2D eigenvalue weighted by Crippen LogP contribution is 2.07. The second-order valence-electron chi connectivity index (χ2n) is 3.76. The summed E-state index contributed by atoms with van der Waals surface area (Å²) in [5.74, 6) is -0.931. The van der Waals surface area contributed by atoms with Crippen molar-refractivity contribution in [3.63, 3.8) is 0 Å². The van der Waals surface area contributed by atoms with Crippen molar-refractivity contribution in [2.45, 2.75) is 0 Å². The van der Waals surface area contributed by atoms with Crippen LogP contribution < -0.4 is 5.43 Å². The van der Waals surface area contributed by atoms with E-state index >= 15 is 0 Å². The number of hydrogen-bond acceptors (Lipinski definition) is 2. The van der Waals surface area contributed by atoms with E-state index in [-0.39, 0.29) is 5.56 Å². The zero-order valence-electron chi connectivity index (χ0n) is 9.81. The van der Waals surface area contributed by atoms with E-state index in [0.717, 1.165) is 11.6 Å². The Morgan fingerprint density at radius 3 is 2.63 bits per heavy atom. The molecule has 0 bridgehead atoms. The Balaban J connectivity index is 1.98. The first-order valence-corrected chi connectivity index (χ1v) is 5.87. The SMILES string of the molecule is O=C(NN=Cc1ccc(Cl)cc1)c1cccc(F)c1. The van der Waals surface area contributed by atoms with Crippen LogP contribution in [-0.2, 0) is 0 Å². The summed E-state index contributed by atoms with van der Waals surface area (Å²) in [6.07, 6.45) is 1.48. The molecule has 0 saturated heterocycles. The smallest absolute Gasteiger partial charge is 0.267 e. The van der Waals surface area contributed by atoms with Crippen LogP contribution in [-0.4, -0.2) is 12.1 Å². The molecule has 1 N–H and O–H groups in total. The number of carbonyl (C=O) groups excluding carboxylic acids is 1. The molecular weight excluding hydrogens is 267 g/mol. The van der Waals surface area contributed by atoms with Crippen molar-refractivity contribution in [3.8, 4) is 0 Å². The first-order valence-electron chi connectivity index (χ1n) is 5.50. The van der Waals surface area contributed by atoms with Crippen LogP contribution in [0.5, 0.6) is 0 Å². The average molecular weight is 277 g/mol. The average Bonchev–Trinajstić information content (AvgIpc) is 2.41. The molecule has 3 nitrogen and oxygen atoms in total. The molecule has 0 atom stereocenters. The number of nitrogens with zero attached hydrogens (tertiary/aromatic N) is 1. The van der Waals surface area contributed by atoms with Gasteiger partial charge < -0.3 is 0 Å². The molecule has 0 spiro atoms. The van der Waals surface area contributed by atoms with Crippen LogP contribution in [0.25, 0.3) is 0 Å². The fourth-order valence-electron chi connectivity index (χ4n) is 1.41. The highest BCUT2D eigenvalue weighted by atomic mass is 35.5. The molecule has 0 radical (unpaired) electrons. The van der Waals surface area contributed by atoms with Crippen molar-refractivity contribution in [2.24, 2.45) is 5.10 Å². The molecule has 0 saturated carbocycles. The van der Waals surface area contributed by atoms with Crippen LogP contribution in [0, 0.1) is 5.82 Å². The molecule has 5 heteroatoms. The molecule has 0 unspecified atom stereocenters. The lowest BCUT2D eigenvalue weighted by atomic mass is 10.2. The molecule has 2 rings (SSSR count). The van der Waals surface area contributed by atoms with E-state index < -0.39 is 11.7 Å². The minimum absolute atomic E-state index is 0.216. The van der Waals surface area contributed by atoms with Crippen molar-refractivity contribution in [1.82, 2.24) is 5.43 Å². The van der Waals surface area contributed by atoms with Crippen molar-refractivity contribution in [2.75, 3.05) is 0 Å². The van der Waals surface area contributed by atoms with Gasteiger partial charge >= 0.3 is 0 Å². The Hall–Kier alpha value is -2.20. The number of halogens is 2. The highest BCUT2D eigenvalue weighted by molar-refractivity contribution is 6.30. The van der Waals surface area contributed by atoms with Gasteiger partial charge in [-0.1, -0.05) is 29.8 Å². The second-order valence-corrected chi connectivity index (χ2v) is 4.20. The third kappa shape index (κ3) is 3.89. The van der Waals surface area contributed by atoms with E-state index in [1.54, 1.807) is 24.3 Å². The van der Waals surface area contributed by atoms with Crippen molar-refractivity contribution in [3.05, 3.63) is 70.5 Å². The molecule has 0 aromatic heterocycles. The monoisotopic (exact) mass is 276 g/mol. The first kappa shape index (κ1) is 13.2. The standard InChI is InChI=1S/C14H10ClFN2O/c15-12-6-4-10(5-7-12)9-17-18-14(19)11-2-1-3-13(16)8-11/h1-9H,(H,18,19). The summed E-state index contributed by atoms with van der Waals surface area (Å²) in [6, 6.07) is 12.4. The molecule has 0 aliphatic rings. The highest BCUT2D eigenvalue weighted by Gasteiger charge is 2.04. The lowest BCUT2D eigenvalue weighted by Crippen LogP contribution is -2.17. The zero-order valence-corrected chi connectivity index (χ0v) is 10.6. The third-order valence-electron chi connectivity index (χ3n) is 2.34. The van der Waals surface area contributed by atoms with E-state index in [9.17, 15) is 9.18 Å². The van der Waals surface area contributed by atoms with Crippen LogP contribution in [0.4, 0.5) is 4.39 Å². The topological polar surface area (TPSA) is 41.5 Å². The fourth-order valence-corrected chi connectivity index (χ4v) is 1.53. The normalized spacial score (nSPS) is 10.6. The minimum Gasteiger partial charge on any atom is -0.267 e. The van der Waals surface area contributed by atoms with Gasteiger partial charge in [0.1, 0.15) is 5.82 Å². The maximum atomic E-state index is 12.9. The number of hydrogen-bond donors (Lipinski definition) is 1. The molecule has 96 valence electrons. The summed E-state index contributed by atoms with van der Waals surface area (Å²) in [5.41, 5.74) is 3.33. The lowest BCUT2D eigenvalue weighted by Gasteiger charge is -1.99. The Labute approximate surface area is 114 Å². The molecule has 1 amide bonds. The Morgan fingerprint density at radius 1 is 1.21 bits per heavy atom. The van der Waals surface area contributed by atoms with Gasteiger partial charge in [-0.2, -0.15) is 5.10 Å². The van der Waals surface area contributed by atoms with Gasteiger partial charge in [0.05, 0.1) is 6.21 Å². The summed E-state index contributed by atoms with van der Waals surface area (Å²) in [5, 5.41) is 4.41. The fraction of sp³-hybridized carbons (Fsp3) is 0. The molecule has 0 aliphatic carbocycles. The Bertz CT molecular complexity index is 611. The summed E-state index contributed by atoms with van der Waals surface area (Å²) < 4.78 is 12.9. The largest absolute Gasteiger partial charge is 0.271 e. The van der Waals surface area contributed by atoms with Gasteiger partial charge in [0.15, 0.2) is 0 Å². The summed E-state index contributed by atoms with van der Waals surface area (Å²) in [4.78, 5) is 11.6. The van der Waals surface area contributed by atoms with E-state index in [2.05, 4.69) is 10.5 Å². The lowest BCUT2D eigenvalue weighted by molar-refractivity contribution is 0.0954. The van der Waals surface area contributed by atoms with Crippen molar-refractivity contribution in [1.29, 1.82) is 0 Å². The quantitative estimate of drug-likeness (QED) is 0.679. The first-order chi connectivity index (χ1) is 9.15. The van der Waals surface area contributed by atoms with Gasteiger partial charge in [0.25, 0.3) is 5.91 Å². The predicted octanol–water partition coefficient (Wildman–Crippen LogP) is 3.24. The molecule has 2 aromatic carbocycles. The van der Waals surface area contributed by atoms with Crippen LogP contribution >= 0.6 is 11.6 Å². The van der Waals surface area contributed by atoms with E-state index in [4.69, 9.17) is 11.6 Å². The zero-order chi connectivity index (χ0) is 13.7. The molecular formula is C14H10ClFN2O. The number of carbonyl (C=O) groups is 1. The minimum atomic E-state index is -0.468. The molecule has 0 fully saturated rings. The van der Waals surface area contributed by atoms with Crippen LogP contribution in [0.15, 0.2) is 53.6 Å². The predicted molar refractivity (Wildman–Crippen MR) is 72.9 cm³/mol. The number of hydrazone groups is 1. The van der Waals surface area contributed by atoms with E-state index in [1.165, 1.54) is 24.4 Å². The van der Waals surface area contributed by atoms with Crippen LogP contribution in [0.1, 0.15) is 15.9 Å². The van der Waals surface area contributed by atoms with Gasteiger partial charge in [-0.15, -0.1) is 0 Å². The Morgan fingerprint density at radius 2 is 1.95 bits per heavy atom. The second kappa shape index (κ2) is 6.11. The number of amides is 1. The molecule has 2 aromatic rings. The number of nitrogens with one attached hydrogen (secondary N) is 1. The Kier molecular flexibility index (Phi) is 4.26. The number of rotatable bonds is 3. The van der Waals surface area contributed by atoms with Crippen LogP contribution in [0.3, 0.4) is 0 Å². The third-order valence-corrected chi connectivity index (χ3v) is 2.59. The maximum absolute atomic E-state index is 12.9. The maximum Gasteiger partial charge on any atom is 0.271 e. The van der Waals surface area contributed by atoms with Gasteiger partial charge in [0.2, 0.25) is 0 Å². The van der Waals surface area contributed by atoms with Gasteiger partial charge in [-0.05, 0) is 35.9 Å². The summed E-state index contributed by atoms with van der Waals surface area (Å²) in [6.45, 7) is 0. The summed E-state index contributed by atoms with van der Waals surface area (Å²) >= 11 is 5.74. The molecule has 0 aliphatic heterocycles. The summed E-state index contributed by atoms with van der Waals surface area (Å²) in [7, 11) is 0. The van der Waals surface area contributed by atoms with Gasteiger partial charge in [0, 0.05) is 10.6 Å².